The fraction of sp³-hybridized carbons (Fsp3) is 0.346. The van der Waals surface area contributed by atoms with E-state index in [1.54, 1.807) is 12.3 Å². The number of nitrogens with two attached hydrogens (primary N) is 1. The number of hydrogen-bond acceptors (Lipinski definition) is 8. The molecule has 0 aliphatic carbocycles. The molecule has 37 heavy (non-hydrogen) atoms. The van der Waals surface area contributed by atoms with Crippen molar-refractivity contribution in [2.24, 2.45) is 11.7 Å². The number of nitrogens with zero attached hydrogens (tertiary/aromatic N) is 3. The molecule has 0 amide bonds. The van der Waals surface area contributed by atoms with Gasteiger partial charge in [-0.2, -0.15) is 0 Å². The summed E-state index contributed by atoms with van der Waals surface area (Å²) in [6.45, 7) is 2.13. The molecule has 0 saturated carbocycles. The van der Waals surface area contributed by atoms with Crippen LogP contribution in [-0.2, 0) is 6.42 Å². The molecule has 1 saturated heterocycles. The minimum Gasteiger partial charge on any atom is -0.488 e. The van der Waals surface area contributed by atoms with E-state index in [1.165, 1.54) is 6.20 Å². The Labute approximate surface area is 211 Å². The van der Waals surface area contributed by atoms with Crippen LogP contribution in [0.15, 0.2) is 42.7 Å². The number of aliphatic hydroxyl groups excluding tert-OH is 2. The number of rotatable bonds is 8. The Morgan fingerprint density at radius 2 is 1.92 bits per heavy atom. The molecule has 2 aromatic heterocycles. The molecule has 0 radical (unpaired) electrons. The fourth-order valence-electron chi connectivity index (χ4n) is 4.43. The smallest absolute Gasteiger partial charge is 0.185 e. The number of ketones is 1. The van der Waals surface area contributed by atoms with Crippen LogP contribution in [0.3, 0.4) is 0 Å². The lowest BCUT2D eigenvalue weighted by Crippen LogP contribution is -2.55. The van der Waals surface area contributed by atoms with Gasteiger partial charge < -0.3 is 25.6 Å². The zero-order chi connectivity index (χ0) is 26.7. The second-order valence-electron chi connectivity index (χ2n) is 8.97. The van der Waals surface area contributed by atoms with E-state index in [0.29, 0.717) is 24.3 Å². The summed E-state index contributed by atoms with van der Waals surface area (Å²) in [4.78, 5) is 23.2. The number of hydrogen-bond donors (Lipinski definition) is 3. The average Bonchev–Trinajstić information content (AvgIpc) is 2.88. The molecule has 4 rings (SSSR count). The first-order chi connectivity index (χ1) is 17.7. The van der Waals surface area contributed by atoms with Gasteiger partial charge in [-0.05, 0) is 30.3 Å². The maximum absolute atomic E-state index is 15.0. The molecule has 0 unspecified atom stereocenters. The molecule has 1 aromatic carbocycles. The van der Waals surface area contributed by atoms with Gasteiger partial charge in [-0.3, -0.25) is 9.78 Å². The summed E-state index contributed by atoms with van der Waals surface area (Å²) in [7, 11) is 0. The predicted molar refractivity (Wildman–Crippen MR) is 130 cm³/mol. The summed E-state index contributed by atoms with van der Waals surface area (Å²) < 4.78 is 49.3. The summed E-state index contributed by atoms with van der Waals surface area (Å²) in [5.41, 5.74) is 5.72. The first kappa shape index (κ1) is 26.5. The standard InChI is InChI=1S/C26H27F3N4O4/c1-14-12-33(13-18(30)26(14)36)20-6-7-31-11-15(20)10-21(35)19-4-2-17(28)25(32-19)23-16(27)3-5-22(24(23)29)37-9-8-34/h2-7,11,14,18,26,34,36H,8-10,12-13,30H2,1H3/t14-,18+,26+/m0/s1. The van der Waals surface area contributed by atoms with Crippen molar-refractivity contribution in [1.82, 2.24) is 9.97 Å². The highest BCUT2D eigenvalue weighted by atomic mass is 19.1. The van der Waals surface area contributed by atoms with Gasteiger partial charge in [0.2, 0.25) is 0 Å². The molecule has 3 aromatic rings. The Balaban J connectivity index is 1.64. The second-order valence-corrected chi connectivity index (χ2v) is 8.97. The van der Waals surface area contributed by atoms with E-state index in [0.717, 1.165) is 24.3 Å². The van der Waals surface area contributed by atoms with Crippen LogP contribution < -0.4 is 15.4 Å². The second kappa shape index (κ2) is 11.2. The average molecular weight is 517 g/mol. The van der Waals surface area contributed by atoms with Crippen LogP contribution >= 0.6 is 0 Å². The van der Waals surface area contributed by atoms with Gasteiger partial charge in [0.15, 0.2) is 17.3 Å². The minimum atomic E-state index is -1.20. The number of halogens is 3. The molecule has 1 aliphatic rings. The normalized spacial score (nSPS) is 19.6. The summed E-state index contributed by atoms with van der Waals surface area (Å²) in [6, 6.07) is 5.26. The Hall–Kier alpha value is -3.54. The largest absolute Gasteiger partial charge is 0.488 e. The van der Waals surface area contributed by atoms with Crippen LogP contribution in [0.5, 0.6) is 5.75 Å². The summed E-state index contributed by atoms with van der Waals surface area (Å²) in [5, 5.41) is 19.1. The SMILES string of the molecule is C[C@H]1CN(c2ccncc2CC(=O)c2ccc(F)c(-c3c(F)ccc(OCCO)c3F)n2)C[C@@H](N)[C@@H]1O. The predicted octanol–water partition coefficient (Wildman–Crippen LogP) is 2.50. The third-order valence-corrected chi connectivity index (χ3v) is 6.30. The van der Waals surface area contributed by atoms with Crippen molar-refractivity contribution < 1.29 is 32.9 Å². The van der Waals surface area contributed by atoms with Crippen molar-refractivity contribution in [3.8, 4) is 17.0 Å². The molecule has 196 valence electrons. The fourth-order valence-corrected chi connectivity index (χ4v) is 4.43. The van der Waals surface area contributed by atoms with Crippen LogP contribution in [0.25, 0.3) is 11.3 Å². The van der Waals surface area contributed by atoms with Gasteiger partial charge in [-0.15, -0.1) is 0 Å². The molecular weight excluding hydrogens is 489 g/mol. The van der Waals surface area contributed by atoms with E-state index in [-0.39, 0.29) is 30.4 Å². The summed E-state index contributed by atoms with van der Waals surface area (Å²) in [6.07, 6.45) is 2.31. The van der Waals surface area contributed by atoms with Gasteiger partial charge in [-0.25, -0.2) is 18.2 Å². The van der Waals surface area contributed by atoms with E-state index in [9.17, 15) is 23.1 Å². The highest BCUT2D eigenvalue weighted by Crippen LogP contribution is 2.33. The number of ether oxygens (including phenoxy) is 1. The van der Waals surface area contributed by atoms with E-state index in [2.05, 4.69) is 9.97 Å². The quantitative estimate of drug-likeness (QED) is 0.391. The zero-order valence-corrected chi connectivity index (χ0v) is 20.1. The highest BCUT2D eigenvalue weighted by Gasteiger charge is 2.32. The van der Waals surface area contributed by atoms with Crippen molar-refractivity contribution in [2.75, 3.05) is 31.2 Å². The topological polar surface area (TPSA) is 122 Å². The lowest BCUT2D eigenvalue weighted by Gasteiger charge is -2.40. The number of aromatic nitrogens is 2. The van der Waals surface area contributed by atoms with E-state index < -0.39 is 53.2 Å². The highest BCUT2D eigenvalue weighted by molar-refractivity contribution is 5.97. The van der Waals surface area contributed by atoms with E-state index >= 15 is 0 Å². The monoisotopic (exact) mass is 516 g/mol. The Kier molecular flexibility index (Phi) is 8.06. The molecule has 3 heterocycles. The maximum Gasteiger partial charge on any atom is 0.185 e. The number of benzene rings is 1. The van der Waals surface area contributed by atoms with E-state index in [1.807, 2.05) is 11.8 Å². The number of piperidine rings is 1. The molecule has 11 heteroatoms. The number of anilines is 1. The van der Waals surface area contributed by atoms with Gasteiger partial charge in [-0.1, -0.05) is 6.92 Å². The van der Waals surface area contributed by atoms with E-state index in [4.69, 9.17) is 15.6 Å². The number of carbonyl (C=O) groups excluding carboxylic acids is 1. The molecular formula is C26H27F3N4O4. The van der Waals surface area contributed by atoms with Gasteiger partial charge >= 0.3 is 0 Å². The van der Waals surface area contributed by atoms with Crippen molar-refractivity contribution in [1.29, 1.82) is 0 Å². The van der Waals surface area contributed by atoms with Crippen LogP contribution in [-0.4, -0.2) is 64.4 Å². The summed E-state index contributed by atoms with van der Waals surface area (Å²) >= 11 is 0. The van der Waals surface area contributed by atoms with Crippen LogP contribution in [0.4, 0.5) is 18.9 Å². The molecule has 3 atom stereocenters. The van der Waals surface area contributed by atoms with Gasteiger partial charge in [0.1, 0.15) is 29.6 Å². The van der Waals surface area contributed by atoms with Crippen LogP contribution in [0.1, 0.15) is 23.0 Å². The minimum absolute atomic E-state index is 0.0938. The Morgan fingerprint density at radius 1 is 1.16 bits per heavy atom. The van der Waals surface area contributed by atoms with Crippen molar-refractivity contribution in [2.45, 2.75) is 25.5 Å². The maximum atomic E-state index is 15.0. The number of carbonyl (C=O) groups is 1. The van der Waals surface area contributed by atoms with Crippen LogP contribution in [0.2, 0.25) is 0 Å². The Bertz CT molecular complexity index is 1280. The first-order valence-corrected chi connectivity index (χ1v) is 11.7. The third-order valence-electron chi connectivity index (χ3n) is 6.30. The molecule has 1 fully saturated rings. The molecule has 0 spiro atoms. The van der Waals surface area contributed by atoms with Gasteiger partial charge in [0.05, 0.1) is 18.3 Å². The number of pyridine rings is 2. The lowest BCUT2D eigenvalue weighted by atomic mass is 9.92. The van der Waals surface area contributed by atoms with Gasteiger partial charge in [0, 0.05) is 55.1 Å². The van der Waals surface area contributed by atoms with Crippen molar-refractivity contribution >= 4 is 11.5 Å². The molecule has 4 N–H and O–H groups in total. The number of Topliss-reactive ketones (excluding diaryl/α,β-unsaturated/α-hetero) is 1. The summed E-state index contributed by atoms with van der Waals surface area (Å²) in [5.74, 6) is -4.30. The molecule has 1 aliphatic heterocycles. The molecule has 0 bridgehead atoms. The van der Waals surface area contributed by atoms with Crippen molar-refractivity contribution in [3.05, 3.63) is 71.4 Å². The molecule has 8 nitrogen and oxygen atoms in total. The van der Waals surface area contributed by atoms with Crippen LogP contribution in [0, 0.1) is 23.4 Å². The zero-order valence-electron chi connectivity index (χ0n) is 20.1. The first-order valence-electron chi connectivity index (χ1n) is 11.7. The lowest BCUT2D eigenvalue weighted by molar-refractivity contribution is 0.0784. The van der Waals surface area contributed by atoms with Crippen molar-refractivity contribution in [3.63, 3.8) is 0 Å². The number of aliphatic hydroxyl groups is 2. The van der Waals surface area contributed by atoms with Gasteiger partial charge in [0.25, 0.3) is 0 Å². The third kappa shape index (κ3) is 5.58. The Morgan fingerprint density at radius 3 is 2.65 bits per heavy atom.